The highest BCUT2D eigenvalue weighted by Gasteiger charge is 2.26. The molecule has 0 fully saturated rings. The van der Waals surface area contributed by atoms with Gasteiger partial charge >= 0.3 is 6.09 Å². The van der Waals surface area contributed by atoms with E-state index in [4.69, 9.17) is 4.74 Å². The Hall–Kier alpha value is -1.85. The van der Waals surface area contributed by atoms with Crippen LogP contribution in [0.25, 0.3) is 0 Å². The standard InChI is InChI=1S/C17H28N4O2/c1-16(2,3)23-15(22)19-9-8-18-14-20-11-12-10-17(4,5)7-6-13(12)21-14/h11H,6-10H2,1-5H3,(H,19,22)(H,18,20,21). The molecule has 0 saturated heterocycles. The van der Waals surface area contributed by atoms with E-state index in [1.54, 1.807) is 0 Å². The second-order valence-corrected chi connectivity index (χ2v) is 7.86. The van der Waals surface area contributed by atoms with Crippen molar-refractivity contribution in [2.24, 2.45) is 5.41 Å². The number of carbonyl (C=O) groups is 1. The second kappa shape index (κ2) is 6.72. The molecule has 2 rings (SSSR count). The average molecular weight is 320 g/mol. The van der Waals surface area contributed by atoms with Crippen LogP contribution in [-0.2, 0) is 17.6 Å². The number of nitrogens with zero attached hydrogens (tertiary/aromatic N) is 2. The smallest absolute Gasteiger partial charge is 0.407 e. The van der Waals surface area contributed by atoms with Crippen LogP contribution in [0.5, 0.6) is 0 Å². The minimum Gasteiger partial charge on any atom is -0.444 e. The van der Waals surface area contributed by atoms with E-state index in [9.17, 15) is 4.79 Å². The Bertz CT molecular complexity index is 564. The fourth-order valence-corrected chi connectivity index (χ4v) is 2.61. The molecule has 0 aromatic carbocycles. The Morgan fingerprint density at radius 3 is 2.78 bits per heavy atom. The molecule has 1 aliphatic carbocycles. The number of amides is 1. The molecule has 1 aliphatic rings. The lowest BCUT2D eigenvalue weighted by atomic mass is 9.76. The first-order chi connectivity index (χ1) is 10.6. The Balaban J connectivity index is 1.78. The van der Waals surface area contributed by atoms with Crippen molar-refractivity contribution in [3.8, 4) is 0 Å². The summed E-state index contributed by atoms with van der Waals surface area (Å²) in [5.41, 5.74) is 2.25. The number of aromatic nitrogens is 2. The molecule has 0 aliphatic heterocycles. The Morgan fingerprint density at radius 1 is 1.35 bits per heavy atom. The molecule has 0 atom stereocenters. The lowest BCUT2D eigenvalue weighted by Gasteiger charge is -2.30. The van der Waals surface area contributed by atoms with E-state index in [1.807, 2.05) is 27.0 Å². The van der Waals surface area contributed by atoms with Gasteiger partial charge in [-0.25, -0.2) is 14.8 Å². The van der Waals surface area contributed by atoms with E-state index >= 15 is 0 Å². The second-order valence-electron chi connectivity index (χ2n) is 7.86. The number of hydrogen-bond donors (Lipinski definition) is 2. The van der Waals surface area contributed by atoms with E-state index in [1.165, 1.54) is 5.56 Å². The quantitative estimate of drug-likeness (QED) is 0.834. The van der Waals surface area contributed by atoms with Gasteiger partial charge in [-0.1, -0.05) is 13.8 Å². The van der Waals surface area contributed by atoms with Crippen molar-refractivity contribution < 1.29 is 9.53 Å². The number of aryl methyl sites for hydroxylation is 1. The predicted octanol–water partition coefficient (Wildman–Crippen LogP) is 2.93. The van der Waals surface area contributed by atoms with Gasteiger partial charge in [0.25, 0.3) is 0 Å². The highest BCUT2D eigenvalue weighted by molar-refractivity contribution is 5.67. The monoisotopic (exact) mass is 320 g/mol. The number of alkyl carbamates (subject to hydrolysis) is 1. The first-order valence-electron chi connectivity index (χ1n) is 8.20. The number of carbonyl (C=O) groups excluding carboxylic acids is 1. The van der Waals surface area contributed by atoms with Crippen LogP contribution in [0, 0.1) is 5.41 Å². The van der Waals surface area contributed by atoms with Gasteiger partial charge in [0.15, 0.2) is 0 Å². The van der Waals surface area contributed by atoms with Gasteiger partial charge in [0.2, 0.25) is 5.95 Å². The summed E-state index contributed by atoms with van der Waals surface area (Å²) >= 11 is 0. The molecule has 1 aromatic heterocycles. The summed E-state index contributed by atoms with van der Waals surface area (Å²) in [4.78, 5) is 20.5. The minimum absolute atomic E-state index is 0.336. The van der Waals surface area contributed by atoms with Crippen LogP contribution in [0.1, 0.15) is 52.3 Å². The van der Waals surface area contributed by atoms with Gasteiger partial charge < -0.3 is 15.4 Å². The molecule has 0 spiro atoms. The third kappa shape index (κ3) is 5.69. The Kier molecular flexibility index (Phi) is 5.12. The van der Waals surface area contributed by atoms with Crippen LogP contribution in [0.15, 0.2) is 6.20 Å². The van der Waals surface area contributed by atoms with Crippen molar-refractivity contribution in [2.75, 3.05) is 18.4 Å². The molecule has 6 heteroatoms. The number of ether oxygens (including phenoxy) is 1. The van der Waals surface area contributed by atoms with Gasteiger partial charge in [-0.05, 0) is 51.0 Å². The summed E-state index contributed by atoms with van der Waals surface area (Å²) in [6.07, 6.45) is 4.69. The summed E-state index contributed by atoms with van der Waals surface area (Å²) in [7, 11) is 0. The molecule has 1 aromatic rings. The minimum atomic E-state index is -0.479. The number of hydrogen-bond acceptors (Lipinski definition) is 5. The van der Waals surface area contributed by atoms with Gasteiger partial charge in [0.05, 0.1) is 0 Å². The number of nitrogens with one attached hydrogen (secondary N) is 2. The van der Waals surface area contributed by atoms with E-state index in [0.717, 1.165) is 25.0 Å². The van der Waals surface area contributed by atoms with Crippen molar-refractivity contribution in [3.63, 3.8) is 0 Å². The summed E-state index contributed by atoms with van der Waals surface area (Å²) in [5, 5.41) is 5.84. The van der Waals surface area contributed by atoms with Crippen LogP contribution >= 0.6 is 0 Å². The van der Waals surface area contributed by atoms with Gasteiger partial charge in [0, 0.05) is 25.0 Å². The maximum absolute atomic E-state index is 11.5. The summed E-state index contributed by atoms with van der Waals surface area (Å²) in [6.45, 7) is 11.1. The zero-order valence-corrected chi connectivity index (χ0v) is 14.8. The van der Waals surface area contributed by atoms with Gasteiger partial charge in [0.1, 0.15) is 5.60 Å². The third-order valence-electron chi connectivity index (χ3n) is 3.74. The molecule has 128 valence electrons. The van der Waals surface area contributed by atoms with Crippen molar-refractivity contribution in [3.05, 3.63) is 17.5 Å². The van der Waals surface area contributed by atoms with E-state index in [-0.39, 0.29) is 0 Å². The molecule has 1 amide bonds. The summed E-state index contributed by atoms with van der Waals surface area (Å²) in [6, 6.07) is 0. The molecule has 0 radical (unpaired) electrons. The molecule has 2 N–H and O–H groups in total. The molecule has 23 heavy (non-hydrogen) atoms. The molecule has 0 saturated carbocycles. The highest BCUT2D eigenvalue weighted by Crippen LogP contribution is 2.33. The largest absolute Gasteiger partial charge is 0.444 e. The summed E-state index contributed by atoms with van der Waals surface area (Å²) < 4.78 is 5.17. The van der Waals surface area contributed by atoms with Crippen LogP contribution < -0.4 is 10.6 Å². The first-order valence-corrected chi connectivity index (χ1v) is 8.20. The molecular formula is C17H28N4O2. The highest BCUT2D eigenvalue weighted by atomic mass is 16.6. The fourth-order valence-electron chi connectivity index (χ4n) is 2.61. The van der Waals surface area contributed by atoms with Gasteiger partial charge in [-0.3, -0.25) is 0 Å². The topological polar surface area (TPSA) is 76.1 Å². The number of anilines is 1. The number of fused-ring (bicyclic) bond motifs is 1. The van der Waals surface area contributed by atoms with Crippen LogP contribution in [0.2, 0.25) is 0 Å². The Labute approximate surface area is 138 Å². The van der Waals surface area contributed by atoms with Gasteiger partial charge in [-0.15, -0.1) is 0 Å². The van der Waals surface area contributed by atoms with Crippen molar-refractivity contribution >= 4 is 12.0 Å². The van der Waals surface area contributed by atoms with Crippen LogP contribution in [-0.4, -0.2) is 34.8 Å². The SMILES string of the molecule is CC1(C)CCc2nc(NCCNC(=O)OC(C)(C)C)ncc2C1. The van der Waals surface area contributed by atoms with E-state index in [0.29, 0.717) is 24.5 Å². The lowest BCUT2D eigenvalue weighted by Crippen LogP contribution is -2.35. The molecular weight excluding hydrogens is 292 g/mol. The molecule has 1 heterocycles. The maximum Gasteiger partial charge on any atom is 0.407 e. The molecule has 6 nitrogen and oxygen atoms in total. The van der Waals surface area contributed by atoms with Crippen LogP contribution in [0.4, 0.5) is 10.7 Å². The van der Waals surface area contributed by atoms with E-state index in [2.05, 4.69) is 34.4 Å². The van der Waals surface area contributed by atoms with Crippen LogP contribution in [0.3, 0.4) is 0 Å². The van der Waals surface area contributed by atoms with E-state index < -0.39 is 11.7 Å². The average Bonchev–Trinajstić information content (AvgIpc) is 2.41. The normalized spacial score (nSPS) is 16.4. The first kappa shape index (κ1) is 17.5. The zero-order valence-electron chi connectivity index (χ0n) is 14.8. The van der Waals surface area contributed by atoms with Crippen molar-refractivity contribution in [2.45, 2.75) is 59.5 Å². The predicted molar refractivity (Wildman–Crippen MR) is 90.6 cm³/mol. The summed E-state index contributed by atoms with van der Waals surface area (Å²) in [5.74, 6) is 0.620. The molecule has 0 unspecified atom stereocenters. The number of rotatable bonds is 4. The van der Waals surface area contributed by atoms with Crippen molar-refractivity contribution in [1.82, 2.24) is 15.3 Å². The van der Waals surface area contributed by atoms with Crippen molar-refractivity contribution in [1.29, 1.82) is 0 Å². The Morgan fingerprint density at radius 2 is 2.09 bits per heavy atom. The van der Waals surface area contributed by atoms with Gasteiger partial charge in [-0.2, -0.15) is 0 Å². The molecule has 0 bridgehead atoms. The zero-order chi connectivity index (χ0) is 17.1. The maximum atomic E-state index is 11.5. The lowest BCUT2D eigenvalue weighted by molar-refractivity contribution is 0.0530. The third-order valence-corrected chi connectivity index (χ3v) is 3.74. The fraction of sp³-hybridized carbons (Fsp3) is 0.706.